The van der Waals surface area contributed by atoms with Crippen LogP contribution >= 0.6 is 0 Å². The average molecular weight is 837 g/mol. The summed E-state index contributed by atoms with van der Waals surface area (Å²) in [7, 11) is 0. The summed E-state index contributed by atoms with van der Waals surface area (Å²) in [6.45, 7) is 41.5. The average Bonchev–Trinajstić information content (AvgIpc) is 3.81. The molecule has 4 heterocycles. The minimum Gasteiger partial charge on any atom is -0.358 e. The predicted molar refractivity (Wildman–Crippen MR) is 252 cm³/mol. The van der Waals surface area contributed by atoms with Gasteiger partial charge in [-0.2, -0.15) is 0 Å². The monoisotopic (exact) mass is 837 g/mol. The number of benzene rings is 4. The molecule has 0 aliphatic carbocycles. The zero-order valence-electron chi connectivity index (χ0n) is 37.6. The maximum absolute atomic E-state index is 13.8. The van der Waals surface area contributed by atoms with Gasteiger partial charge in [0.25, 0.3) is 0 Å². The van der Waals surface area contributed by atoms with Gasteiger partial charge in [0, 0.05) is 67.1 Å². The first-order chi connectivity index (χ1) is 27.9. The predicted octanol–water partition coefficient (Wildman–Crippen LogP) is 15.4. The quantitative estimate of drug-likeness (QED) is 0.155. The van der Waals surface area contributed by atoms with Crippen LogP contribution in [0.3, 0.4) is 0 Å². The van der Waals surface area contributed by atoms with E-state index < -0.39 is 0 Å². The molecule has 61 heavy (non-hydrogen) atoms. The number of rotatable bonds is 4. The summed E-state index contributed by atoms with van der Waals surface area (Å²) in [6, 6.07) is 20.1. The Hall–Kier alpha value is -5.24. The fourth-order valence-electron chi connectivity index (χ4n) is 8.78. The molecule has 0 aromatic heterocycles. The molecule has 0 amide bonds. The minimum absolute atomic E-state index is 0. The van der Waals surface area contributed by atoms with Crippen molar-refractivity contribution in [2.75, 3.05) is 21.3 Å². The van der Waals surface area contributed by atoms with Crippen LogP contribution in [0.15, 0.2) is 122 Å². The Balaban J connectivity index is 0.000000178. The van der Waals surface area contributed by atoms with Gasteiger partial charge in [-0.1, -0.05) is 113 Å². The number of anilines is 4. The molecule has 4 aromatic rings. The smallest absolute Gasteiger partial charge is 0.146 e. The molecule has 8 heteroatoms. The molecule has 4 aromatic carbocycles. The molecule has 0 saturated carbocycles. The van der Waals surface area contributed by atoms with Gasteiger partial charge in [-0.3, -0.25) is 0 Å². The minimum atomic E-state index is -0.305. The third-order valence-electron chi connectivity index (χ3n) is 14.4. The van der Waals surface area contributed by atoms with E-state index in [9.17, 15) is 17.6 Å². The van der Waals surface area contributed by atoms with E-state index in [0.717, 1.165) is 62.1 Å². The van der Waals surface area contributed by atoms with Crippen LogP contribution in [0.2, 0.25) is 0 Å². The van der Waals surface area contributed by atoms with E-state index in [0.29, 0.717) is 29.4 Å². The fourth-order valence-corrected chi connectivity index (χ4v) is 8.78. The van der Waals surface area contributed by atoms with Crippen LogP contribution in [0.5, 0.6) is 0 Å². The van der Waals surface area contributed by atoms with Gasteiger partial charge in [-0.05, 0) is 117 Å². The molecule has 4 atom stereocenters. The standard InChI is InChI=1S/4C13H16FN.CH4/c1-8(2)13(4)9(3)15-12-6-5-10(14)7-11(12)13;1-8(2)13(4)9(3)15-12-7-10(14)5-6-11(12)13;1-8(2)13(4)9(3)15-11-7-5-6-10(14)12(11)13;1-8(2)13(4)9(3)15-12-10(13)6-5-7-11(12)14;/h4*5-8,15H,3H2,1-2,4H3;1H4/t4*13-;/m0000./s1. The lowest BCUT2D eigenvalue weighted by molar-refractivity contribution is 0.396. The van der Waals surface area contributed by atoms with Crippen LogP contribution in [0.4, 0.5) is 40.3 Å². The summed E-state index contributed by atoms with van der Waals surface area (Å²) in [6.07, 6.45) is 0. The second-order valence-electron chi connectivity index (χ2n) is 18.5. The first kappa shape index (κ1) is 48.4. The molecule has 0 fully saturated rings. The van der Waals surface area contributed by atoms with E-state index >= 15 is 0 Å². The van der Waals surface area contributed by atoms with E-state index in [1.165, 1.54) is 30.3 Å². The molecule has 4 nitrogen and oxygen atoms in total. The Labute approximate surface area is 363 Å². The van der Waals surface area contributed by atoms with Crippen LogP contribution in [0, 0.1) is 46.9 Å². The van der Waals surface area contributed by atoms with Crippen molar-refractivity contribution >= 4 is 22.7 Å². The molecule has 4 aliphatic heterocycles. The summed E-state index contributed by atoms with van der Waals surface area (Å²) in [5.74, 6) is 0.799. The van der Waals surface area contributed by atoms with Crippen molar-refractivity contribution in [3.05, 3.63) is 167 Å². The van der Waals surface area contributed by atoms with Gasteiger partial charge < -0.3 is 21.3 Å². The molecule has 8 rings (SSSR count). The first-order valence-corrected chi connectivity index (χ1v) is 20.9. The van der Waals surface area contributed by atoms with Crippen molar-refractivity contribution < 1.29 is 17.6 Å². The Morgan fingerprint density at radius 3 is 1.43 bits per heavy atom. The number of hydrogen-bond donors (Lipinski definition) is 4. The third-order valence-corrected chi connectivity index (χ3v) is 14.4. The zero-order chi connectivity index (χ0) is 44.9. The van der Waals surface area contributed by atoms with Gasteiger partial charge in [-0.15, -0.1) is 0 Å². The molecule has 0 bridgehead atoms. The van der Waals surface area contributed by atoms with E-state index in [4.69, 9.17) is 0 Å². The highest BCUT2D eigenvalue weighted by molar-refractivity contribution is 5.71. The van der Waals surface area contributed by atoms with Crippen LogP contribution in [-0.2, 0) is 21.7 Å². The van der Waals surface area contributed by atoms with Gasteiger partial charge in [-0.25, -0.2) is 17.6 Å². The summed E-state index contributed by atoms with van der Waals surface area (Å²) in [5, 5.41) is 12.7. The molecule has 0 unspecified atom stereocenters. The Kier molecular flexibility index (Phi) is 14.0. The summed E-state index contributed by atoms with van der Waals surface area (Å²) in [4.78, 5) is 0. The molecule has 0 saturated heterocycles. The van der Waals surface area contributed by atoms with E-state index in [1.807, 2.05) is 25.1 Å². The number of allylic oxidation sites excluding steroid dienone is 4. The molecular weight excluding hydrogens is 769 g/mol. The topological polar surface area (TPSA) is 48.1 Å². The van der Waals surface area contributed by atoms with Crippen molar-refractivity contribution in [3.63, 3.8) is 0 Å². The molecule has 4 N–H and O–H groups in total. The van der Waals surface area contributed by atoms with Crippen LogP contribution < -0.4 is 21.3 Å². The number of hydrogen-bond acceptors (Lipinski definition) is 4. The van der Waals surface area contributed by atoms with Crippen molar-refractivity contribution in [3.8, 4) is 0 Å². The molecule has 328 valence electrons. The largest absolute Gasteiger partial charge is 0.358 e. The fraction of sp³-hybridized carbons (Fsp3) is 0.396. The van der Waals surface area contributed by atoms with Crippen molar-refractivity contribution in [1.82, 2.24) is 0 Å². The number of fused-ring (bicyclic) bond motifs is 4. The number of nitrogens with one attached hydrogen (secondary N) is 4. The second-order valence-corrected chi connectivity index (χ2v) is 18.5. The molecular formula is C53H68F4N4. The van der Waals surface area contributed by atoms with Crippen LogP contribution in [0.1, 0.15) is 113 Å². The zero-order valence-corrected chi connectivity index (χ0v) is 37.6. The van der Waals surface area contributed by atoms with Gasteiger partial charge in [0.1, 0.15) is 23.3 Å². The summed E-state index contributed by atoms with van der Waals surface area (Å²) >= 11 is 0. The van der Waals surface area contributed by atoms with Gasteiger partial charge >= 0.3 is 0 Å². The molecule has 0 radical (unpaired) electrons. The highest BCUT2D eigenvalue weighted by Crippen LogP contribution is 2.51. The lowest BCUT2D eigenvalue weighted by Crippen LogP contribution is -2.29. The van der Waals surface area contributed by atoms with Crippen LogP contribution in [-0.4, -0.2) is 0 Å². The lowest BCUT2D eigenvalue weighted by Gasteiger charge is -2.30. The number of halogens is 4. The van der Waals surface area contributed by atoms with E-state index in [2.05, 4.69) is 124 Å². The van der Waals surface area contributed by atoms with Crippen molar-refractivity contribution in [1.29, 1.82) is 0 Å². The normalized spacial score (nSPS) is 23.8. The first-order valence-electron chi connectivity index (χ1n) is 20.9. The molecule has 4 aliphatic rings. The maximum Gasteiger partial charge on any atom is 0.146 e. The van der Waals surface area contributed by atoms with Crippen molar-refractivity contribution in [2.24, 2.45) is 23.7 Å². The van der Waals surface area contributed by atoms with Crippen molar-refractivity contribution in [2.45, 2.75) is 112 Å². The van der Waals surface area contributed by atoms with Gasteiger partial charge in [0.2, 0.25) is 0 Å². The third kappa shape index (κ3) is 8.15. The highest BCUT2D eigenvalue weighted by atomic mass is 19.1. The maximum atomic E-state index is 13.8. The second kappa shape index (κ2) is 17.6. The number of para-hydroxylation sites is 1. The van der Waals surface area contributed by atoms with E-state index in [1.54, 1.807) is 24.3 Å². The van der Waals surface area contributed by atoms with Gasteiger partial charge in [0.15, 0.2) is 0 Å². The van der Waals surface area contributed by atoms with Gasteiger partial charge in [0.05, 0.1) is 5.69 Å². The van der Waals surface area contributed by atoms with E-state index in [-0.39, 0.29) is 52.4 Å². The Bertz CT molecular complexity index is 2330. The lowest BCUT2D eigenvalue weighted by atomic mass is 9.73. The Morgan fingerprint density at radius 2 is 0.852 bits per heavy atom. The summed E-state index contributed by atoms with van der Waals surface area (Å²) < 4.78 is 53.7. The highest BCUT2D eigenvalue weighted by Gasteiger charge is 2.44. The summed E-state index contributed by atoms with van der Waals surface area (Å²) in [5.41, 5.74) is 10.2. The van der Waals surface area contributed by atoms with Crippen LogP contribution in [0.25, 0.3) is 0 Å². The SMILES string of the molecule is C.C=C1Nc2c(F)cccc2[C@@]1(C)C(C)C.C=C1Nc2cc(F)ccc2[C@@]1(C)C(C)C.C=C1Nc2ccc(F)cc2[C@@]1(C)C(C)C.C=C1Nc2cccc(F)c2[C@@]1(C)C(C)C. The Morgan fingerprint density at radius 1 is 0.426 bits per heavy atom. The molecule has 0 spiro atoms.